The number of nitrogens with zero attached hydrogens (tertiary/aromatic N) is 2. The molecule has 3 aromatic carbocycles. The van der Waals surface area contributed by atoms with Crippen molar-refractivity contribution in [3.63, 3.8) is 0 Å². The fourth-order valence-electron chi connectivity index (χ4n) is 6.38. The number of thiazole rings is 1. The van der Waals surface area contributed by atoms with Crippen LogP contribution in [-0.2, 0) is 17.3 Å². The van der Waals surface area contributed by atoms with Gasteiger partial charge in [-0.15, -0.1) is 0 Å². The summed E-state index contributed by atoms with van der Waals surface area (Å²) in [6, 6.07) is 18.0. The lowest BCUT2D eigenvalue weighted by Crippen LogP contribution is -2.38. The molecule has 1 atom stereocenters. The highest BCUT2D eigenvalue weighted by molar-refractivity contribution is 7.07. The van der Waals surface area contributed by atoms with Gasteiger partial charge in [-0.2, -0.15) is 0 Å². The fourth-order valence-corrected chi connectivity index (χ4v) is 7.38. The van der Waals surface area contributed by atoms with E-state index in [9.17, 15) is 9.90 Å². The van der Waals surface area contributed by atoms with Crippen LogP contribution >= 0.6 is 11.3 Å². The van der Waals surface area contributed by atoms with Crippen LogP contribution in [0.3, 0.4) is 0 Å². The molecule has 6 nitrogen and oxygen atoms in total. The Morgan fingerprint density at radius 1 is 0.909 bits per heavy atom. The van der Waals surface area contributed by atoms with Crippen molar-refractivity contribution in [2.45, 2.75) is 71.3 Å². The SMILES string of the molecule is COc1ccc([C@H]2C3=C(N=c4s/c(=C\c5cc(C(C)(C)C)c(O)c(C(C)(C)C)c5)c(=O)n42)c2ccccc2CC3)cc1OC. The first kappa shape index (κ1) is 29.9. The molecule has 2 aliphatic rings. The predicted molar refractivity (Wildman–Crippen MR) is 178 cm³/mol. The first-order chi connectivity index (χ1) is 20.8. The largest absolute Gasteiger partial charge is 0.507 e. The Bertz CT molecular complexity index is 1970. The topological polar surface area (TPSA) is 73.0 Å². The molecule has 1 aliphatic carbocycles. The summed E-state index contributed by atoms with van der Waals surface area (Å²) in [7, 11) is 3.25. The summed E-state index contributed by atoms with van der Waals surface area (Å²) in [4.78, 5) is 20.2. The number of methoxy groups -OCH3 is 2. The van der Waals surface area contributed by atoms with Crippen LogP contribution in [0.1, 0.15) is 87.4 Å². The van der Waals surface area contributed by atoms with E-state index in [1.54, 1.807) is 14.2 Å². The highest BCUT2D eigenvalue weighted by Crippen LogP contribution is 2.43. The van der Waals surface area contributed by atoms with Crippen LogP contribution in [0, 0.1) is 0 Å². The number of hydrogen-bond acceptors (Lipinski definition) is 6. The molecule has 1 aromatic heterocycles. The van der Waals surface area contributed by atoms with Crippen LogP contribution in [-0.4, -0.2) is 23.9 Å². The molecule has 4 aromatic rings. The Morgan fingerprint density at radius 2 is 1.57 bits per heavy atom. The molecule has 2 heterocycles. The van der Waals surface area contributed by atoms with Gasteiger partial charge in [-0.05, 0) is 76.3 Å². The lowest BCUT2D eigenvalue weighted by molar-refractivity contribution is 0.354. The van der Waals surface area contributed by atoms with Gasteiger partial charge in [0.25, 0.3) is 5.56 Å². The van der Waals surface area contributed by atoms with E-state index in [-0.39, 0.29) is 22.4 Å². The van der Waals surface area contributed by atoms with E-state index in [1.165, 1.54) is 16.9 Å². The Morgan fingerprint density at radius 3 is 2.20 bits per heavy atom. The van der Waals surface area contributed by atoms with Crippen molar-refractivity contribution in [2.24, 2.45) is 4.99 Å². The summed E-state index contributed by atoms with van der Waals surface area (Å²) in [5, 5.41) is 11.3. The predicted octanol–water partition coefficient (Wildman–Crippen LogP) is 6.64. The minimum Gasteiger partial charge on any atom is -0.507 e. The van der Waals surface area contributed by atoms with Gasteiger partial charge in [0, 0.05) is 16.7 Å². The van der Waals surface area contributed by atoms with Gasteiger partial charge in [0.1, 0.15) is 5.75 Å². The van der Waals surface area contributed by atoms with Crippen LogP contribution in [0.4, 0.5) is 0 Å². The number of aryl methyl sites for hydroxylation is 1. The average Bonchev–Trinajstić information content (AvgIpc) is 3.29. The van der Waals surface area contributed by atoms with Gasteiger partial charge in [-0.1, -0.05) is 83.2 Å². The first-order valence-electron chi connectivity index (χ1n) is 15.0. The van der Waals surface area contributed by atoms with E-state index in [4.69, 9.17) is 14.5 Å². The van der Waals surface area contributed by atoms with Crippen LogP contribution < -0.4 is 24.4 Å². The zero-order valence-corrected chi connectivity index (χ0v) is 27.6. The summed E-state index contributed by atoms with van der Waals surface area (Å²) in [6.07, 6.45) is 3.65. The molecule has 0 radical (unpaired) electrons. The Kier molecular flexibility index (Phi) is 7.36. The van der Waals surface area contributed by atoms with E-state index in [1.807, 2.05) is 41.0 Å². The molecular weight excluding hydrogens is 568 g/mol. The number of aromatic hydroxyl groups is 1. The van der Waals surface area contributed by atoms with E-state index in [0.29, 0.717) is 26.6 Å². The molecule has 1 aliphatic heterocycles. The number of benzene rings is 3. The van der Waals surface area contributed by atoms with Crippen LogP contribution in [0.15, 0.2) is 70.0 Å². The molecule has 44 heavy (non-hydrogen) atoms. The number of fused-ring (bicyclic) bond motifs is 3. The lowest BCUT2D eigenvalue weighted by Gasteiger charge is -2.31. The minimum atomic E-state index is -0.327. The molecule has 0 saturated heterocycles. The van der Waals surface area contributed by atoms with E-state index < -0.39 is 0 Å². The van der Waals surface area contributed by atoms with E-state index in [2.05, 4.69) is 65.8 Å². The molecule has 6 rings (SSSR count). The van der Waals surface area contributed by atoms with Crippen molar-refractivity contribution in [2.75, 3.05) is 14.2 Å². The van der Waals surface area contributed by atoms with Crippen LogP contribution in [0.25, 0.3) is 11.8 Å². The molecule has 0 spiro atoms. The normalized spacial score (nSPS) is 16.6. The second-order valence-electron chi connectivity index (χ2n) is 13.7. The second-order valence-corrected chi connectivity index (χ2v) is 14.7. The van der Waals surface area contributed by atoms with Crippen molar-refractivity contribution in [1.29, 1.82) is 0 Å². The summed E-state index contributed by atoms with van der Waals surface area (Å²) >= 11 is 1.41. The van der Waals surface area contributed by atoms with Gasteiger partial charge in [0.2, 0.25) is 0 Å². The van der Waals surface area contributed by atoms with Crippen molar-refractivity contribution in [3.05, 3.63) is 113 Å². The number of hydrogen-bond donors (Lipinski definition) is 1. The lowest BCUT2D eigenvalue weighted by atomic mass is 9.78. The highest BCUT2D eigenvalue weighted by Gasteiger charge is 2.33. The molecule has 0 unspecified atom stereocenters. The molecule has 1 N–H and O–H groups in total. The summed E-state index contributed by atoms with van der Waals surface area (Å²) in [5.74, 6) is 1.59. The smallest absolute Gasteiger partial charge is 0.271 e. The summed E-state index contributed by atoms with van der Waals surface area (Å²) < 4.78 is 13.7. The maximum absolute atomic E-state index is 14.4. The van der Waals surface area contributed by atoms with Gasteiger partial charge >= 0.3 is 0 Å². The second kappa shape index (κ2) is 10.8. The number of allylic oxidation sites excluding steroid dienone is 1. The summed E-state index contributed by atoms with van der Waals surface area (Å²) in [5.41, 5.74) is 7.41. The van der Waals surface area contributed by atoms with Gasteiger partial charge in [0.15, 0.2) is 16.3 Å². The van der Waals surface area contributed by atoms with E-state index >= 15 is 0 Å². The molecule has 7 heteroatoms. The number of aromatic nitrogens is 1. The molecule has 0 saturated carbocycles. The number of phenolic OH excluding ortho intramolecular Hbond substituents is 1. The zero-order valence-electron chi connectivity index (χ0n) is 26.7. The standard InChI is InChI=1S/C37H40N2O4S/c1-36(2,3)26-17-21(18-27(33(26)40)37(4,5)6)19-30-34(41)39-32(23-14-16-28(42-7)29(20-23)43-8)25-15-13-22-11-9-10-12-24(22)31(25)38-35(39)44-30/h9-12,14,16-20,32,40H,13,15H2,1-8H3/b30-19-/t32-/m0/s1. The van der Waals surface area contributed by atoms with Gasteiger partial charge in [-0.25, -0.2) is 4.99 Å². The number of phenols is 1. The van der Waals surface area contributed by atoms with Crippen LogP contribution in [0.5, 0.6) is 17.2 Å². The van der Waals surface area contributed by atoms with Gasteiger partial charge in [-0.3, -0.25) is 9.36 Å². The van der Waals surface area contributed by atoms with Gasteiger partial charge < -0.3 is 14.6 Å². The maximum atomic E-state index is 14.4. The quantitative estimate of drug-likeness (QED) is 0.282. The third kappa shape index (κ3) is 5.07. The Balaban J connectivity index is 1.62. The monoisotopic (exact) mass is 608 g/mol. The van der Waals surface area contributed by atoms with Crippen molar-refractivity contribution in [1.82, 2.24) is 4.57 Å². The number of ether oxygens (including phenoxy) is 2. The Labute approximate surface area is 262 Å². The zero-order chi connectivity index (χ0) is 31.6. The third-order valence-electron chi connectivity index (χ3n) is 8.64. The molecule has 228 valence electrons. The van der Waals surface area contributed by atoms with Crippen LogP contribution in [0.2, 0.25) is 0 Å². The molecular formula is C37H40N2O4S. The fraction of sp³-hybridized carbons (Fsp3) is 0.351. The third-order valence-corrected chi connectivity index (χ3v) is 9.63. The highest BCUT2D eigenvalue weighted by atomic mass is 32.1. The maximum Gasteiger partial charge on any atom is 0.271 e. The molecule has 0 fully saturated rings. The van der Waals surface area contributed by atoms with Crippen molar-refractivity contribution >= 4 is 23.1 Å². The molecule has 0 bridgehead atoms. The first-order valence-corrected chi connectivity index (χ1v) is 15.9. The average molecular weight is 609 g/mol. The Hall–Kier alpha value is -4.10. The van der Waals surface area contributed by atoms with Crippen molar-refractivity contribution < 1.29 is 14.6 Å². The minimum absolute atomic E-state index is 0.0818. The van der Waals surface area contributed by atoms with Crippen molar-refractivity contribution in [3.8, 4) is 17.2 Å². The summed E-state index contributed by atoms with van der Waals surface area (Å²) in [6.45, 7) is 12.6. The molecule has 0 amide bonds. The number of rotatable bonds is 4. The van der Waals surface area contributed by atoms with Gasteiger partial charge in [0.05, 0.1) is 30.5 Å². The van der Waals surface area contributed by atoms with E-state index in [0.717, 1.165) is 51.9 Å².